The molecule has 3 heterocycles. The first-order chi connectivity index (χ1) is 20.2. The minimum atomic E-state index is -0.0221. The van der Waals surface area contributed by atoms with Crippen LogP contribution >= 0.6 is 0 Å². The van der Waals surface area contributed by atoms with Crippen LogP contribution in [0.15, 0.2) is 110 Å². The van der Waals surface area contributed by atoms with Crippen LogP contribution in [0.4, 0.5) is 11.5 Å². The van der Waals surface area contributed by atoms with Gasteiger partial charge in [-0.2, -0.15) is 0 Å². The monoisotopic (exact) mass is 543 g/mol. The van der Waals surface area contributed by atoms with Crippen LogP contribution in [0.1, 0.15) is 11.1 Å². The van der Waals surface area contributed by atoms with Crippen molar-refractivity contribution in [2.45, 2.75) is 12.8 Å². The van der Waals surface area contributed by atoms with Crippen LogP contribution in [0.3, 0.4) is 0 Å². The molecule has 1 amide bonds. The third kappa shape index (κ3) is 5.94. The largest absolute Gasteiger partial charge is 0.497 e. The molecule has 9 nitrogen and oxygen atoms in total. The Labute approximate surface area is 237 Å². The summed E-state index contributed by atoms with van der Waals surface area (Å²) in [6.07, 6.45) is 8.42. The minimum Gasteiger partial charge on any atom is -0.497 e. The van der Waals surface area contributed by atoms with E-state index < -0.39 is 0 Å². The molecule has 0 fully saturated rings. The zero-order valence-electron chi connectivity index (χ0n) is 22.6. The SMILES string of the molecule is COc1ccc(CCNC(=O)Cc2cn(-c3ccc(Nc4ccc(-n5ccnc5)cc4)nn3)c3ccccc23)cc1. The first-order valence-corrected chi connectivity index (χ1v) is 13.3. The zero-order chi connectivity index (χ0) is 28.0. The number of benzene rings is 3. The highest BCUT2D eigenvalue weighted by Crippen LogP contribution is 2.25. The van der Waals surface area contributed by atoms with Gasteiger partial charge in [-0.1, -0.05) is 30.3 Å². The predicted molar refractivity (Wildman–Crippen MR) is 159 cm³/mol. The fraction of sp³-hybridized carbons (Fsp3) is 0.125. The lowest BCUT2D eigenvalue weighted by Crippen LogP contribution is -2.27. The van der Waals surface area contributed by atoms with Gasteiger partial charge in [0.2, 0.25) is 5.91 Å². The number of carbonyl (C=O) groups is 1. The molecule has 0 aliphatic rings. The molecule has 0 unspecified atom stereocenters. The Morgan fingerprint density at radius 1 is 0.927 bits per heavy atom. The first-order valence-electron chi connectivity index (χ1n) is 13.3. The Balaban J connectivity index is 1.12. The number of nitrogens with one attached hydrogen (secondary N) is 2. The van der Waals surface area contributed by atoms with E-state index in [1.165, 1.54) is 0 Å². The Morgan fingerprint density at radius 3 is 2.49 bits per heavy atom. The highest BCUT2D eigenvalue weighted by atomic mass is 16.5. The molecular formula is C32H29N7O2. The molecule has 0 saturated heterocycles. The van der Waals surface area contributed by atoms with Crippen molar-refractivity contribution < 1.29 is 9.53 Å². The molecule has 6 aromatic rings. The van der Waals surface area contributed by atoms with Gasteiger partial charge >= 0.3 is 0 Å². The lowest BCUT2D eigenvalue weighted by Gasteiger charge is -2.08. The minimum absolute atomic E-state index is 0.0221. The number of imidazole rings is 1. The van der Waals surface area contributed by atoms with Gasteiger partial charge in [0.1, 0.15) is 5.75 Å². The predicted octanol–water partition coefficient (Wildman–Crippen LogP) is 5.26. The average Bonchev–Trinajstić information content (AvgIpc) is 3.68. The highest BCUT2D eigenvalue weighted by Gasteiger charge is 2.14. The maximum absolute atomic E-state index is 12.8. The number of methoxy groups -OCH3 is 1. The zero-order valence-corrected chi connectivity index (χ0v) is 22.6. The molecule has 0 atom stereocenters. The van der Waals surface area contributed by atoms with Crippen LogP contribution in [-0.4, -0.2) is 43.9 Å². The lowest BCUT2D eigenvalue weighted by atomic mass is 10.1. The number of carbonyl (C=O) groups excluding carboxylic acids is 1. The number of rotatable bonds is 10. The molecule has 9 heteroatoms. The van der Waals surface area contributed by atoms with Crippen molar-refractivity contribution in [3.63, 3.8) is 0 Å². The van der Waals surface area contributed by atoms with Gasteiger partial charge in [0, 0.05) is 41.9 Å². The molecule has 2 N–H and O–H groups in total. The molecule has 0 radical (unpaired) electrons. The number of fused-ring (bicyclic) bond motifs is 1. The second kappa shape index (κ2) is 11.7. The van der Waals surface area contributed by atoms with Crippen molar-refractivity contribution in [1.29, 1.82) is 0 Å². The third-order valence-corrected chi connectivity index (χ3v) is 6.88. The number of aromatic nitrogens is 5. The Bertz CT molecular complexity index is 1740. The summed E-state index contributed by atoms with van der Waals surface area (Å²) in [5.41, 5.74) is 4.98. The molecule has 0 aliphatic heterocycles. The summed E-state index contributed by atoms with van der Waals surface area (Å²) in [4.78, 5) is 16.9. The lowest BCUT2D eigenvalue weighted by molar-refractivity contribution is -0.120. The molecular weight excluding hydrogens is 514 g/mol. The van der Waals surface area contributed by atoms with E-state index in [1.807, 2.05) is 106 Å². The van der Waals surface area contributed by atoms with E-state index in [-0.39, 0.29) is 12.3 Å². The van der Waals surface area contributed by atoms with Gasteiger partial charge in [0.15, 0.2) is 11.6 Å². The van der Waals surface area contributed by atoms with Crippen LogP contribution in [0.25, 0.3) is 22.4 Å². The molecule has 41 heavy (non-hydrogen) atoms. The van der Waals surface area contributed by atoms with E-state index >= 15 is 0 Å². The fourth-order valence-corrected chi connectivity index (χ4v) is 4.75. The maximum atomic E-state index is 12.8. The fourth-order valence-electron chi connectivity index (χ4n) is 4.75. The average molecular weight is 544 g/mol. The van der Waals surface area contributed by atoms with Crippen LogP contribution in [0.5, 0.6) is 5.75 Å². The van der Waals surface area contributed by atoms with E-state index in [2.05, 4.69) is 25.8 Å². The van der Waals surface area contributed by atoms with Gasteiger partial charge in [-0.25, -0.2) is 4.98 Å². The van der Waals surface area contributed by atoms with Gasteiger partial charge in [0.05, 0.1) is 25.4 Å². The summed E-state index contributed by atoms with van der Waals surface area (Å²) in [6, 6.07) is 27.7. The van der Waals surface area contributed by atoms with Crippen molar-refractivity contribution in [2.24, 2.45) is 0 Å². The quantitative estimate of drug-likeness (QED) is 0.245. The maximum Gasteiger partial charge on any atom is 0.224 e. The number of amides is 1. The number of anilines is 2. The molecule has 0 aliphatic carbocycles. The topological polar surface area (TPSA) is 98.9 Å². The van der Waals surface area contributed by atoms with Crippen molar-refractivity contribution in [2.75, 3.05) is 19.0 Å². The summed E-state index contributed by atoms with van der Waals surface area (Å²) in [5.74, 6) is 2.11. The number of nitrogens with zero attached hydrogens (tertiary/aromatic N) is 5. The summed E-state index contributed by atoms with van der Waals surface area (Å²) in [6.45, 7) is 0.566. The molecule has 204 valence electrons. The van der Waals surface area contributed by atoms with Crippen LogP contribution < -0.4 is 15.4 Å². The molecule has 0 spiro atoms. The van der Waals surface area contributed by atoms with Crippen molar-refractivity contribution >= 4 is 28.3 Å². The van der Waals surface area contributed by atoms with E-state index in [4.69, 9.17) is 4.74 Å². The van der Waals surface area contributed by atoms with Crippen molar-refractivity contribution in [3.05, 3.63) is 121 Å². The molecule has 0 bridgehead atoms. The first kappa shape index (κ1) is 25.8. The number of ether oxygens (including phenoxy) is 1. The Hall–Kier alpha value is -5.44. The van der Waals surface area contributed by atoms with Crippen molar-refractivity contribution in [1.82, 2.24) is 29.6 Å². The summed E-state index contributed by atoms with van der Waals surface area (Å²) in [7, 11) is 1.65. The Kier molecular flexibility index (Phi) is 7.40. The smallest absolute Gasteiger partial charge is 0.224 e. The molecule has 6 rings (SSSR count). The van der Waals surface area contributed by atoms with Gasteiger partial charge in [-0.3, -0.25) is 9.36 Å². The van der Waals surface area contributed by atoms with Crippen LogP contribution in [0.2, 0.25) is 0 Å². The third-order valence-electron chi connectivity index (χ3n) is 6.88. The normalized spacial score (nSPS) is 11.0. The second-order valence-electron chi connectivity index (χ2n) is 9.58. The van der Waals surface area contributed by atoms with E-state index in [9.17, 15) is 4.79 Å². The molecule has 3 aromatic heterocycles. The van der Waals surface area contributed by atoms with E-state index in [0.717, 1.165) is 45.6 Å². The summed E-state index contributed by atoms with van der Waals surface area (Å²) in [5, 5.41) is 16.2. The number of hydrogen-bond donors (Lipinski definition) is 2. The van der Waals surface area contributed by atoms with Crippen LogP contribution in [0, 0.1) is 0 Å². The van der Waals surface area contributed by atoms with Gasteiger partial charge in [-0.15, -0.1) is 10.2 Å². The van der Waals surface area contributed by atoms with Crippen molar-refractivity contribution in [3.8, 4) is 17.3 Å². The summed E-state index contributed by atoms with van der Waals surface area (Å²) < 4.78 is 9.13. The van der Waals surface area contributed by atoms with Gasteiger partial charge in [0.25, 0.3) is 0 Å². The van der Waals surface area contributed by atoms with Gasteiger partial charge < -0.3 is 19.9 Å². The van der Waals surface area contributed by atoms with E-state index in [1.54, 1.807) is 19.6 Å². The number of hydrogen-bond acceptors (Lipinski definition) is 6. The molecule has 0 saturated carbocycles. The second-order valence-corrected chi connectivity index (χ2v) is 9.58. The van der Waals surface area contributed by atoms with E-state index in [0.29, 0.717) is 18.2 Å². The Morgan fingerprint density at radius 2 is 1.76 bits per heavy atom. The van der Waals surface area contributed by atoms with Crippen LogP contribution in [-0.2, 0) is 17.6 Å². The molecule has 3 aromatic carbocycles. The standard InChI is InChI=1S/C32H29N7O2/c1-41-27-12-6-23(7-13-27)16-17-34-32(40)20-24-21-39(29-5-3-2-4-28(24)29)31-15-14-30(36-37-31)35-25-8-10-26(11-9-25)38-19-18-33-22-38/h2-15,18-19,21-22H,16-17,20H2,1H3,(H,34,40)(H,35,36). The highest BCUT2D eigenvalue weighted by molar-refractivity contribution is 5.90. The van der Waals surface area contributed by atoms with Gasteiger partial charge in [-0.05, 0) is 72.1 Å². The summed E-state index contributed by atoms with van der Waals surface area (Å²) >= 11 is 0. The number of para-hydroxylation sites is 1.